The molecular weight excluding hydrogens is 288 g/mol. The van der Waals surface area contributed by atoms with Gasteiger partial charge in [-0.2, -0.15) is 0 Å². The zero-order valence-electron chi connectivity index (χ0n) is 13.0. The normalized spacial score (nSPS) is 17.6. The summed E-state index contributed by atoms with van der Waals surface area (Å²) < 4.78 is 0. The van der Waals surface area contributed by atoms with E-state index in [-0.39, 0.29) is 17.8 Å². The van der Waals surface area contributed by atoms with Gasteiger partial charge in [0.15, 0.2) is 0 Å². The zero-order valence-corrected chi connectivity index (χ0v) is 13.0. The van der Waals surface area contributed by atoms with Gasteiger partial charge in [-0.15, -0.1) is 0 Å². The molecule has 0 aliphatic carbocycles. The number of rotatable bonds is 4. The molecule has 1 unspecified atom stereocenters. The molecule has 1 atom stereocenters. The lowest BCUT2D eigenvalue weighted by Crippen LogP contribution is -2.44. The maximum Gasteiger partial charge on any atom is 0.319 e. The molecule has 0 saturated carbocycles. The third-order valence-corrected chi connectivity index (χ3v) is 4.07. The number of urea groups is 1. The molecular formula is C19H20N2O2. The lowest BCUT2D eigenvalue weighted by atomic mass is 9.89. The number of phenols is 1. The van der Waals surface area contributed by atoms with E-state index in [1.807, 2.05) is 31.2 Å². The Labute approximate surface area is 135 Å². The predicted molar refractivity (Wildman–Crippen MR) is 90.0 cm³/mol. The molecule has 1 aliphatic rings. The SMILES string of the molecule is CCC1=C(Cc2ccccc2)C(c2cccc(O)c2)NC(=O)N1. The average molecular weight is 308 g/mol. The first kappa shape index (κ1) is 15.2. The molecule has 118 valence electrons. The number of benzene rings is 2. The molecule has 4 nitrogen and oxygen atoms in total. The van der Waals surface area contributed by atoms with Crippen LogP contribution in [0.2, 0.25) is 0 Å². The van der Waals surface area contributed by atoms with Crippen LogP contribution >= 0.6 is 0 Å². The average Bonchev–Trinajstić information content (AvgIpc) is 2.57. The molecule has 4 heteroatoms. The minimum atomic E-state index is -0.231. The summed E-state index contributed by atoms with van der Waals surface area (Å²) in [7, 11) is 0. The van der Waals surface area contributed by atoms with Gasteiger partial charge in [-0.25, -0.2) is 4.79 Å². The van der Waals surface area contributed by atoms with E-state index in [4.69, 9.17) is 0 Å². The van der Waals surface area contributed by atoms with Gasteiger partial charge < -0.3 is 15.7 Å². The van der Waals surface area contributed by atoms with Gasteiger partial charge in [-0.1, -0.05) is 49.4 Å². The molecule has 2 aromatic rings. The topological polar surface area (TPSA) is 61.4 Å². The highest BCUT2D eigenvalue weighted by molar-refractivity contribution is 5.79. The summed E-state index contributed by atoms with van der Waals surface area (Å²) in [5.74, 6) is 0.201. The van der Waals surface area contributed by atoms with Crippen molar-refractivity contribution in [3.05, 3.63) is 77.0 Å². The number of carbonyl (C=O) groups is 1. The Kier molecular flexibility index (Phi) is 4.33. The van der Waals surface area contributed by atoms with Gasteiger partial charge in [0.1, 0.15) is 5.75 Å². The van der Waals surface area contributed by atoms with Crippen molar-refractivity contribution in [2.45, 2.75) is 25.8 Å². The summed E-state index contributed by atoms with van der Waals surface area (Å²) in [5, 5.41) is 15.7. The van der Waals surface area contributed by atoms with Crippen LogP contribution in [-0.2, 0) is 6.42 Å². The molecule has 0 aromatic heterocycles. The van der Waals surface area contributed by atoms with Crippen LogP contribution in [0.15, 0.2) is 65.9 Å². The highest BCUT2D eigenvalue weighted by Gasteiger charge is 2.27. The van der Waals surface area contributed by atoms with E-state index in [2.05, 4.69) is 22.8 Å². The first-order chi connectivity index (χ1) is 11.2. The summed E-state index contributed by atoms with van der Waals surface area (Å²) in [6, 6.07) is 16.8. The third-order valence-electron chi connectivity index (χ3n) is 4.07. The maximum atomic E-state index is 12.0. The standard InChI is InChI=1S/C19H20N2O2/c1-2-17-16(11-13-7-4-3-5-8-13)18(21-19(23)20-17)14-9-6-10-15(22)12-14/h3-10,12,18,22H,2,11H2,1H3,(H2,20,21,23). The molecule has 0 saturated heterocycles. The van der Waals surface area contributed by atoms with Gasteiger partial charge in [0.05, 0.1) is 6.04 Å². The monoisotopic (exact) mass is 308 g/mol. The molecule has 3 N–H and O–H groups in total. The van der Waals surface area contributed by atoms with Crippen LogP contribution in [0, 0.1) is 0 Å². The molecule has 2 aromatic carbocycles. The van der Waals surface area contributed by atoms with Gasteiger partial charge in [0.2, 0.25) is 0 Å². The fourth-order valence-electron chi connectivity index (χ4n) is 2.97. The maximum absolute atomic E-state index is 12.0. The van der Waals surface area contributed by atoms with E-state index >= 15 is 0 Å². The molecule has 0 bridgehead atoms. The van der Waals surface area contributed by atoms with Crippen molar-refractivity contribution in [1.29, 1.82) is 0 Å². The van der Waals surface area contributed by atoms with Crippen LogP contribution in [0.25, 0.3) is 0 Å². The second-order valence-corrected chi connectivity index (χ2v) is 5.65. The molecule has 1 aliphatic heterocycles. The Hall–Kier alpha value is -2.75. The Morgan fingerprint density at radius 2 is 1.87 bits per heavy atom. The number of carbonyl (C=O) groups excluding carboxylic acids is 1. The molecule has 0 fully saturated rings. The van der Waals surface area contributed by atoms with E-state index in [0.29, 0.717) is 0 Å². The van der Waals surface area contributed by atoms with Gasteiger partial charge in [-0.05, 0) is 41.7 Å². The second-order valence-electron chi connectivity index (χ2n) is 5.65. The quantitative estimate of drug-likeness (QED) is 0.807. The number of aromatic hydroxyl groups is 1. The molecule has 23 heavy (non-hydrogen) atoms. The number of nitrogens with one attached hydrogen (secondary N) is 2. The van der Waals surface area contributed by atoms with Crippen molar-refractivity contribution in [2.75, 3.05) is 0 Å². The number of allylic oxidation sites excluding steroid dienone is 1. The van der Waals surface area contributed by atoms with Crippen LogP contribution in [0.5, 0.6) is 5.75 Å². The van der Waals surface area contributed by atoms with E-state index < -0.39 is 0 Å². The largest absolute Gasteiger partial charge is 0.508 e. The van der Waals surface area contributed by atoms with Crippen molar-refractivity contribution < 1.29 is 9.90 Å². The van der Waals surface area contributed by atoms with Crippen molar-refractivity contribution in [3.63, 3.8) is 0 Å². The number of hydrogen-bond acceptors (Lipinski definition) is 2. The van der Waals surface area contributed by atoms with Crippen molar-refractivity contribution in [1.82, 2.24) is 10.6 Å². The minimum absolute atomic E-state index is 0.201. The van der Waals surface area contributed by atoms with Crippen molar-refractivity contribution in [2.24, 2.45) is 0 Å². The summed E-state index contributed by atoms with van der Waals surface area (Å²) >= 11 is 0. The van der Waals surface area contributed by atoms with E-state index in [9.17, 15) is 9.90 Å². The van der Waals surface area contributed by atoms with Gasteiger partial charge in [0.25, 0.3) is 0 Å². The van der Waals surface area contributed by atoms with E-state index in [1.165, 1.54) is 5.56 Å². The highest BCUT2D eigenvalue weighted by atomic mass is 16.3. The first-order valence-corrected chi connectivity index (χ1v) is 7.79. The summed E-state index contributed by atoms with van der Waals surface area (Å²) in [6.07, 6.45) is 1.50. The number of phenolic OH excluding ortho intramolecular Hbond substituents is 1. The Morgan fingerprint density at radius 3 is 2.57 bits per heavy atom. The van der Waals surface area contributed by atoms with Crippen LogP contribution in [0.4, 0.5) is 4.79 Å². The van der Waals surface area contributed by atoms with Crippen LogP contribution in [0.3, 0.4) is 0 Å². The first-order valence-electron chi connectivity index (χ1n) is 7.79. The predicted octanol–water partition coefficient (Wildman–Crippen LogP) is 3.65. The highest BCUT2D eigenvalue weighted by Crippen LogP contribution is 2.31. The zero-order chi connectivity index (χ0) is 16.2. The van der Waals surface area contributed by atoms with Crippen molar-refractivity contribution >= 4 is 6.03 Å². The van der Waals surface area contributed by atoms with Crippen LogP contribution in [0.1, 0.15) is 30.5 Å². The van der Waals surface area contributed by atoms with Gasteiger partial charge in [-0.3, -0.25) is 0 Å². The lowest BCUT2D eigenvalue weighted by Gasteiger charge is -2.30. The van der Waals surface area contributed by atoms with E-state index in [0.717, 1.165) is 29.7 Å². The van der Waals surface area contributed by atoms with Gasteiger partial charge in [0, 0.05) is 5.70 Å². The smallest absolute Gasteiger partial charge is 0.319 e. The van der Waals surface area contributed by atoms with Gasteiger partial charge >= 0.3 is 6.03 Å². The fourth-order valence-corrected chi connectivity index (χ4v) is 2.97. The molecule has 3 rings (SSSR count). The second kappa shape index (κ2) is 6.57. The minimum Gasteiger partial charge on any atom is -0.508 e. The third kappa shape index (κ3) is 3.37. The summed E-state index contributed by atoms with van der Waals surface area (Å²) in [6.45, 7) is 2.03. The lowest BCUT2D eigenvalue weighted by molar-refractivity contribution is 0.237. The Balaban J connectivity index is 2.02. The summed E-state index contributed by atoms with van der Waals surface area (Å²) in [5.41, 5.74) is 4.16. The van der Waals surface area contributed by atoms with Crippen molar-refractivity contribution in [3.8, 4) is 5.75 Å². The Morgan fingerprint density at radius 1 is 1.09 bits per heavy atom. The molecule has 1 heterocycles. The number of hydrogen-bond donors (Lipinski definition) is 3. The van der Waals surface area contributed by atoms with Crippen LogP contribution < -0.4 is 10.6 Å². The molecule has 0 radical (unpaired) electrons. The number of amides is 2. The van der Waals surface area contributed by atoms with E-state index in [1.54, 1.807) is 18.2 Å². The summed E-state index contributed by atoms with van der Waals surface area (Å²) in [4.78, 5) is 12.0. The molecule has 0 spiro atoms. The molecule has 2 amide bonds. The fraction of sp³-hybridized carbons (Fsp3) is 0.211. The Bertz CT molecular complexity index is 738. The van der Waals surface area contributed by atoms with Crippen LogP contribution in [-0.4, -0.2) is 11.1 Å².